The summed E-state index contributed by atoms with van der Waals surface area (Å²) >= 11 is 11.5. The SMILES string of the molecule is O=C(Nc1ccc(Cl)cc1)c1ccc(Cl)cc1. The van der Waals surface area contributed by atoms with Gasteiger partial charge in [0.05, 0.1) is 0 Å². The fraction of sp³-hybridized carbons (Fsp3) is 0. The first kappa shape index (κ1) is 12.0. The fourth-order valence-corrected chi connectivity index (χ4v) is 1.59. The lowest BCUT2D eigenvalue weighted by molar-refractivity contribution is 0.102. The summed E-state index contributed by atoms with van der Waals surface area (Å²) in [6.07, 6.45) is 0. The number of anilines is 1. The van der Waals surface area contributed by atoms with Crippen molar-refractivity contribution in [3.63, 3.8) is 0 Å². The summed E-state index contributed by atoms with van der Waals surface area (Å²) in [4.78, 5) is 11.8. The van der Waals surface area contributed by atoms with Crippen LogP contribution >= 0.6 is 23.2 Å². The predicted octanol–water partition coefficient (Wildman–Crippen LogP) is 4.25. The van der Waals surface area contributed by atoms with Gasteiger partial charge >= 0.3 is 0 Å². The normalized spacial score (nSPS) is 10.0. The lowest BCUT2D eigenvalue weighted by atomic mass is 10.2. The van der Waals surface area contributed by atoms with E-state index in [4.69, 9.17) is 23.2 Å². The smallest absolute Gasteiger partial charge is 0.255 e. The fourth-order valence-electron chi connectivity index (χ4n) is 1.34. The van der Waals surface area contributed by atoms with E-state index < -0.39 is 0 Å². The Hall–Kier alpha value is -1.51. The average Bonchev–Trinajstić information content (AvgIpc) is 2.33. The second-order valence-corrected chi connectivity index (χ2v) is 4.34. The van der Waals surface area contributed by atoms with Gasteiger partial charge in [0.1, 0.15) is 0 Å². The Bertz CT molecular complexity index is 520. The first-order chi connectivity index (χ1) is 8.15. The van der Waals surface area contributed by atoms with Crippen LogP contribution in [-0.2, 0) is 0 Å². The molecule has 4 heteroatoms. The molecule has 2 rings (SSSR count). The van der Waals surface area contributed by atoms with Gasteiger partial charge in [0.25, 0.3) is 5.91 Å². The molecule has 1 amide bonds. The quantitative estimate of drug-likeness (QED) is 0.865. The average molecular weight is 266 g/mol. The first-order valence-electron chi connectivity index (χ1n) is 4.97. The van der Waals surface area contributed by atoms with Crippen LogP contribution in [0.5, 0.6) is 0 Å². The maximum absolute atomic E-state index is 11.8. The Kier molecular flexibility index (Phi) is 3.67. The van der Waals surface area contributed by atoms with Gasteiger partial charge in [-0.15, -0.1) is 0 Å². The van der Waals surface area contributed by atoms with Crippen LogP contribution in [0.15, 0.2) is 48.5 Å². The molecule has 0 aliphatic carbocycles. The van der Waals surface area contributed by atoms with Crippen molar-refractivity contribution in [1.29, 1.82) is 0 Å². The van der Waals surface area contributed by atoms with Crippen LogP contribution in [0.4, 0.5) is 5.69 Å². The minimum Gasteiger partial charge on any atom is -0.322 e. The van der Waals surface area contributed by atoms with Crippen LogP contribution in [0.1, 0.15) is 10.4 Å². The predicted molar refractivity (Wildman–Crippen MR) is 70.9 cm³/mol. The van der Waals surface area contributed by atoms with Crippen molar-refractivity contribution in [1.82, 2.24) is 0 Å². The van der Waals surface area contributed by atoms with E-state index in [0.29, 0.717) is 21.3 Å². The molecule has 0 saturated carbocycles. The Balaban J connectivity index is 2.11. The maximum atomic E-state index is 11.8. The molecular weight excluding hydrogens is 257 g/mol. The summed E-state index contributed by atoms with van der Waals surface area (Å²) < 4.78 is 0. The molecule has 0 radical (unpaired) electrons. The van der Waals surface area contributed by atoms with Gasteiger partial charge in [-0.2, -0.15) is 0 Å². The van der Waals surface area contributed by atoms with Crippen LogP contribution < -0.4 is 5.32 Å². The van der Waals surface area contributed by atoms with Crippen molar-refractivity contribution in [2.75, 3.05) is 5.32 Å². The molecule has 86 valence electrons. The summed E-state index contributed by atoms with van der Waals surface area (Å²) in [5.41, 5.74) is 1.26. The van der Waals surface area contributed by atoms with Gasteiger partial charge in [-0.05, 0) is 48.5 Å². The zero-order valence-corrected chi connectivity index (χ0v) is 10.3. The molecule has 0 unspecified atom stereocenters. The molecule has 2 aromatic rings. The minimum atomic E-state index is -0.177. The second kappa shape index (κ2) is 5.21. The zero-order valence-electron chi connectivity index (χ0n) is 8.78. The van der Waals surface area contributed by atoms with Gasteiger partial charge in [0.2, 0.25) is 0 Å². The number of hydrogen-bond donors (Lipinski definition) is 1. The Morgan fingerprint density at radius 3 is 1.82 bits per heavy atom. The molecule has 17 heavy (non-hydrogen) atoms. The van der Waals surface area contributed by atoms with Crippen LogP contribution in [0.2, 0.25) is 10.0 Å². The van der Waals surface area contributed by atoms with E-state index in [-0.39, 0.29) is 5.91 Å². The molecule has 0 atom stereocenters. The van der Waals surface area contributed by atoms with Crippen molar-refractivity contribution >= 4 is 34.8 Å². The van der Waals surface area contributed by atoms with E-state index in [1.807, 2.05) is 0 Å². The Labute approximate surface area is 109 Å². The molecule has 0 fully saturated rings. The summed E-state index contributed by atoms with van der Waals surface area (Å²) in [5.74, 6) is -0.177. The highest BCUT2D eigenvalue weighted by atomic mass is 35.5. The molecule has 1 N–H and O–H groups in total. The summed E-state index contributed by atoms with van der Waals surface area (Å²) in [6.45, 7) is 0. The molecule has 0 aliphatic rings. The molecule has 0 heterocycles. The number of rotatable bonds is 2. The number of carbonyl (C=O) groups excluding carboxylic acids is 1. The highest BCUT2D eigenvalue weighted by Crippen LogP contribution is 2.15. The van der Waals surface area contributed by atoms with E-state index >= 15 is 0 Å². The Morgan fingerprint density at radius 1 is 0.824 bits per heavy atom. The number of amides is 1. The van der Waals surface area contributed by atoms with Crippen molar-refractivity contribution < 1.29 is 4.79 Å². The van der Waals surface area contributed by atoms with Gasteiger partial charge in [-0.1, -0.05) is 23.2 Å². The van der Waals surface area contributed by atoms with Crippen LogP contribution in [0, 0.1) is 0 Å². The Morgan fingerprint density at radius 2 is 1.29 bits per heavy atom. The van der Waals surface area contributed by atoms with Crippen LogP contribution in [0.3, 0.4) is 0 Å². The highest BCUT2D eigenvalue weighted by molar-refractivity contribution is 6.31. The van der Waals surface area contributed by atoms with E-state index in [2.05, 4.69) is 5.32 Å². The first-order valence-corrected chi connectivity index (χ1v) is 5.73. The summed E-state index contributed by atoms with van der Waals surface area (Å²) in [5, 5.41) is 4.00. The number of benzene rings is 2. The second-order valence-electron chi connectivity index (χ2n) is 3.47. The minimum absolute atomic E-state index is 0.177. The van der Waals surface area contributed by atoms with Crippen molar-refractivity contribution in [2.45, 2.75) is 0 Å². The highest BCUT2D eigenvalue weighted by Gasteiger charge is 2.05. The van der Waals surface area contributed by atoms with Crippen LogP contribution in [0.25, 0.3) is 0 Å². The molecule has 0 bridgehead atoms. The van der Waals surface area contributed by atoms with E-state index in [9.17, 15) is 4.79 Å². The third-order valence-electron chi connectivity index (χ3n) is 2.21. The molecule has 0 saturated heterocycles. The van der Waals surface area contributed by atoms with E-state index in [1.165, 1.54) is 0 Å². The summed E-state index contributed by atoms with van der Waals surface area (Å²) in [6, 6.07) is 13.6. The number of carbonyl (C=O) groups is 1. The molecule has 2 nitrogen and oxygen atoms in total. The third kappa shape index (κ3) is 3.22. The monoisotopic (exact) mass is 265 g/mol. The van der Waals surface area contributed by atoms with E-state index in [1.54, 1.807) is 48.5 Å². The number of hydrogen-bond acceptors (Lipinski definition) is 1. The zero-order chi connectivity index (χ0) is 12.3. The molecule has 2 aromatic carbocycles. The molecule has 0 aliphatic heterocycles. The van der Waals surface area contributed by atoms with Crippen molar-refractivity contribution in [2.24, 2.45) is 0 Å². The van der Waals surface area contributed by atoms with Gasteiger partial charge in [-0.25, -0.2) is 0 Å². The molecular formula is C13H9Cl2NO. The molecule has 0 aromatic heterocycles. The van der Waals surface area contributed by atoms with Crippen molar-refractivity contribution in [3.8, 4) is 0 Å². The summed E-state index contributed by atoms with van der Waals surface area (Å²) in [7, 11) is 0. The van der Waals surface area contributed by atoms with Gasteiger partial charge in [-0.3, -0.25) is 4.79 Å². The largest absolute Gasteiger partial charge is 0.322 e. The maximum Gasteiger partial charge on any atom is 0.255 e. The van der Waals surface area contributed by atoms with Gasteiger partial charge in [0.15, 0.2) is 0 Å². The number of nitrogens with one attached hydrogen (secondary N) is 1. The lowest BCUT2D eigenvalue weighted by Crippen LogP contribution is -2.11. The van der Waals surface area contributed by atoms with Gasteiger partial charge in [0, 0.05) is 21.3 Å². The van der Waals surface area contributed by atoms with Crippen molar-refractivity contribution in [3.05, 3.63) is 64.1 Å². The standard InChI is InChI=1S/C13H9Cl2NO/c14-10-3-1-9(2-4-10)13(17)16-12-7-5-11(15)6-8-12/h1-8H,(H,16,17). The molecule has 0 spiro atoms. The van der Waals surface area contributed by atoms with Crippen LogP contribution in [-0.4, -0.2) is 5.91 Å². The van der Waals surface area contributed by atoms with E-state index in [0.717, 1.165) is 0 Å². The number of halogens is 2. The third-order valence-corrected chi connectivity index (χ3v) is 2.71. The lowest BCUT2D eigenvalue weighted by Gasteiger charge is -2.05. The van der Waals surface area contributed by atoms with Gasteiger partial charge < -0.3 is 5.32 Å². The topological polar surface area (TPSA) is 29.1 Å².